The molecule has 6 heteroatoms. The molecule has 1 N–H and O–H groups in total. The average Bonchev–Trinajstić information content (AvgIpc) is 3.17. The Hall–Kier alpha value is -1.92. The van der Waals surface area contributed by atoms with Crippen molar-refractivity contribution in [3.8, 4) is 5.13 Å². The molecule has 1 atom stereocenters. The molecule has 0 fully saturated rings. The molecule has 2 aromatic heterocycles. The molecule has 130 valence electrons. The van der Waals surface area contributed by atoms with Crippen LogP contribution in [0.5, 0.6) is 0 Å². The zero-order valence-electron chi connectivity index (χ0n) is 14.4. The third-order valence-electron chi connectivity index (χ3n) is 4.12. The molecule has 0 saturated heterocycles. The van der Waals surface area contributed by atoms with Gasteiger partial charge < -0.3 is 5.32 Å². The molecular weight excluding hydrogens is 398 g/mol. The molecule has 1 aromatic carbocycles. The van der Waals surface area contributed by atoms with Crippen LogP contribution in [-0.4, -0.2) is 21.5 Å². The zero-order chi connectivity index (χ0) is 18.0. The van der Waals surface area contributed by atoms with Crippen molar-refractivity contribution < 1.29 is 4.79 Å². The van der Waals surface area contributed by atoms with E-state index in [1.54, 1.807) is 17.5 Å². The van der Waals surface area contributed by atoms with Gasteiger partial charge in [0.2, 0.25) is 0 Å². The summed E-state index contributed by atoms with van der Waals surface area (Å²) in [6.45, 7) is 5.99. The minimum atomic E-state index is -0.0412. The highest BCUT2D eigenvalue weighted by atomic mass is 79.9. The Kier molecular flexibility index (Phi) is 5.39. The summed E-state index contributed by atoms with van der Waals surface area (Å²) >= 11 is 5.00. The predicted molar refractivity (Wildman–Crippen MR) is 106 cm³/mol. The molecule has 0 aliphatic rings. The van der Waals surface area contributed by atoms with Gasteiger partial charge in [-0.15, -0.1) is 11.3 Å². The standard InChI is InChI=1S/C19H20BrN3OS/c1-12(10-15-4-6-16(20)7-5-15)22-18(24)17-11-13(2)23(14(17)3)19-21-8-9-25-19/h4-9,11-12H,10H2,1-3H3,(H,22,24). The monoisotopic (exact) mass is 417 g/mol. The average molecular weight is 418 g/mol. The van der Waals surface area contributed by atoms with E-state index in [0.29, 0.717) is 5.56 Å². The lowest BCUT2D eigenvalue weighted by atomic mass is 10.1. The molecule has 2 heterocycles. The van der Waals surface area contributed by atoms with Crippen molar-refractivity contribution in [2.24, 2.45) is 0 Å². The zero-order valence-corrected chi connectivity index (χ0v) is 16.8. The second kappa shape index (κ2) is 7.54. The van der Waals surface area contributed by atoms with Crippen LogP contribution in [0.1, 0.15) is 34.2 Å². The molecule has 4 nitrogen and oxygen atoms in total. The third kappa shape index (κ3) is 4.02. The first-order chi connectivity index (χ1) is 12.0. The Balaban J connectivity index is 1.73. The van der Waals surface area contributed by atoms with E-state index in [4.69, 9.17) is 0 Å². The number of carbonyl (C=O) groups is 1. The van der Waals surface area contributed by atoms with Crippen LogP contribution < -0.4 is 5.32 Å². The normalized spacial score (nSPS) is 12.2. The summed E-state index contributed by atoms with van der Waals surface area (Å²) in [7, 11) is 0. The van der Waals surface area contributed by atoms with Crippen LogP contribution in [0.4, 0.5) is 0 Å². The van der Waals surface area contributed by atoms with Crippen LogP contribution in [0.3, 0.4) is 0 Å². The van der Waals surface area contributed by atoms with Gasteiger partial charge in [0.25, 0.3) is 5.91 Å². The molecule has 1 amide bonds. The van der Waals surface area contributed by atoms with Crippen molar-refractivity contribution in [3.05, 3.63) is 68.9 Å². The van der Waals surface area contributed by atoms with Crippen molar-refractivity contribution in [1.82, 2.24) is 14.9 Å². The second-order valence-corrected chi connectivity index (χ2v) is 7.93. The van der Waals surface area contributed by atoms with E-state index in [1.165, 1.54) is 5.56 Å². The molecule has 0 aliphatic carbocycles. The molecule has 0 radical (unpaired) electrons. The lowest BCUT2D eigenvalue weighted by Crippen LogP contribution is -2.34. The molecule has 0 bridgehead atoms. The van der Waals surface area contributed by atoms with Crippen LogP contribution in [-0.2, 0) is 6.42 Å². The van der Waals surface area contributed by atoms with Gasteiger partial charge in [-0.3, -0.25) is 9.36 Å². The van der Waals surface area contributed by atoms with Gasteiger partial charge in [0, 0.05) is 33.5 Å². The molecule has 0 saturated carbocycles. The fraction of sp³-hybridized carbons (Fsp3) is 0.263. The lowest BCUT2D eigenvalue weighted by molar-refractivity contribution is 0.0939. The highest BCUT2D eigenvalue weighted by Gasteiger charge is 2.19. The van der Waals surface area contributed by atoms with Gasteiger partial charge in [0.15, 0.2) is 5.13 Å². The summed E-state index contributed by atoms with van der Waals surface area (Å²) < 4.78 is 3.08. The van der Waals surface area contributed by atoms with Crippen LogP contribution in [0.2, 0.25) is 0 Å². The largest absolute Gasteiger partial charge is 0.349 e. The summed E-state index contributed by atoms with van der Waals surface area (Å²) in [5.41, 5.74) is 3.83. The van der Waals surface area contributed by atoms with Crippen LogP contribution in [0.25, 0.3) is 5.13 Å². The van der Waals surface area contributed by atoms with Crippen molar-refractivity contribution in [2.45, 2.75) is 33.2 Å². The van der Waals surface area contributed by atoms with Crippen molar-refractivity contribution in [2.75, 3.05) is 0 Å². The first-order valence-electron chi connectivity index (χ1n) is 8.10. The first kappa shape index (κ1) is 17.9. The topological polar surface area (TPSA) is 46.9 Å². The van der Waals surface area contributed by atoms with Crippen LogP contribution in [0.15, 0.2) is 46.4 Å². The molecule has 0 aliphatic heterocycles. The maximum Gasteiger partial charge on any atom is 0.253 e. The Labute approximate surface area is 160 Å². The van der Waals surface area contributed by atoms with Gasteiger partial charge in [-0.1, -0.05) is 28.1 Å². The highest BCUT2D eigenvalue weighted by molar-refractivity contribution is 9.10. The summed E-state index contributed by atoms with van der Waals surface area (Å²) in [6.07, 6.45) is 2.57. The smallest absolute Gasteiger partial charge is 0.253 e. The fourth-order valence-electron chi connectivity index (χ4n) is 2.94. The van der Waals surface area contributed by atoms with Gasteiger partial charge in [-0.25, -0.2) is 4.98 Å². The number of hydrogen-bond acceptors (Lipinski definition) is 3. The van der Waals surface area contributed by atoms with Gasteiger partial charge in [-0.05, 0) is 51.0 Å². The van der Waals surface area contributed by atoms with E-state index in [1.807, 2.05) is 48.9 Å². The number of hydrogen-bond donors (Lipinski definition) is 1. The van der Waals surface area contributed by atoms with Crippen LogP contribution in [0, 0.1) is 13.8 Å². The summed E-state index contributed by atoms with van der Waals surface area (Å²) in [5, 5.41) is 5.93. The maximum atomic E-state index is 12.7. The van der Waals surface area contributed by atoms with E-state index in [9.17, 15) is 4.79 Å². The van der Waals surface area contributed by atoms with E-state index < -0.39 is 0 Å². The Morgan fingerprint density at radius 2 is 2.04 bits per heavy atom. The quantitative estimate of drug-likeness (QED) is 0.655. The number of nitrogens with one attached hydrogen (secondary N) is 1. The number of benzene rings is 1. The van der Waals surface area contributed by atoms with Crippen molar-refractivity contribution in [3.63, 3.8) is 0 Å². The SMILES string of the molecule is Cc1cc(C(=O)NC(C)Cc2ccc(Br)cc2)c(C)n1-c1nccs1. The Morgan fingerprint density at radius 1 is 1.32 bits per heavy atom. The van der Waals surface area contributed by atoms with Gasteiger partial charge in [0.05, 0.1) is 5.56 Å². The molecule has 1 unspecified atom stereocenters. The van der Waals surface area contributed by atoms with E-state index in [2.05, 4.69) is 38.4 Å². The minimum Gasteiger partial charge on any atom is -0.349 e. The third-order valence-corrected chi connectivity index (χ3v) is 5.40. The maximum absolute atomic E-state index is 12.7. The van der Waals surface area contributed by atoms with Crippen molar-refractivity contribution in [1.29, 1.82) is 0 Å². The number of amides is 1. The van der Waals surface area contributed by atoms with Crippen molar-refractivity contribution >= 4 is 33.2 Å². The first-order valence-corrected chi connectivity index (χ1v) is 9.77. The number of aromatic nitrogens is 2. The Morgan fingerprint density at radius 3 is 2.68 bits per heavy atom. The fourth-order valence-corrected chi connectivity index (χ4v) is 3.96. The number of rotatable bonds is 5. The Bertz CT molecular complexity index is 869. The van der Waals surface area contributed by atoms with Crippen LogP contribution >= 0.6 is 27.3 Å². The summed E-state index contributed by atoms with van der Waals surface area (Å²) in [6, 6.07) is 10.2. The number of halogens is 1. The van der Waals surface area contributed by atoms with E-state index in [0.717, 1.165) is 27.4 Å². The number of carbonyl (C=O) groups excluding carboxylic acids is 1. The molecule has 3 rings (SSSR count). The number of nitrogens with zero attached hydrogens (tertiary/aromatic N) is 2. The van der Waals surface area contributed by atoms with Gasteiger partial charge in [0.1, 0.15) is 0 Å². The second-order valence-electron chi connectivity index (χ2n) is 6.14. The molecule has 3 aromatic rings. The number of thiazole rings is 1. The number of aryl methyl sites for hydroxylation is 1. The molecular formula is C19H20BrN3OS. The van der Waals surface area contributed by atoms with Gasteiger partial charge in [-0.2, -0.15) is 0 Å². The lowest BCUT2D eigenvalue weighted by Gasteiger charge is -2.14. The summed E-state index contributed by atoms with van der Waals surface area (Å²) in [5.74, 6) is -0.0412. The predicted octanol–water partition coefficient (Wildman–Crippen LogP) is 4.67. The minimum absolute atomic E-state index is 0.0412. The van der Waals surface area contributed by atoms with E-state index >= 15 is 0 Å². The highest BCUT2D eigenvalue weighted by Crippen LogP contribution is 2.22. The summed E-state index contributed by atoms with van der Waals surface area (Å²) in [4.78, 5) is 17.1. The van der Waals surface area contributed by atoms with E-state index in [-0.39, 0.29) is 11.9 Å². The molecule has 0 spiro atoms. The molecule has 25 heavy (non-hydrogen) atoms. The van der Waals surface area contributed by atoms with Gasteiger partial charge >= 0.3 is 0 Å².